The molecular weight excluding hydrogens is 296 g/mol. The molecule has 2 nitrogen and oxygen atoms in total. The fourth-order valence-electron chi connectivity index (χ4n) is 2.92. The lowest BCUT2D eigenvalue weighted by atomic mass is 9.94. The van der Waals surface area contributed by atoms with E-state index in [1.165, 1.54) is 0 Å². The first kappa shape index (κ1) is 15.3. The fourth-order valence-corrected chi connectivity index (χ4v) is 3.28. The molecule has 22 heavy (non-hydrogen) atoms. The minimum Gasteiger partial charge on any atom is -0.370 e. The Labute approximate surface area is 136 Å². The van der Waals surface area contributed by atoms with Crippen molar-refractivity contribution >= 4 is 17.4 Å². The molecule has 3 heteroatoms. The highest BCUT2D eigenvalue weighted by atomic mass is 35.5. The number of ketones is 1. The minimum atomic E-state index is -0.117. The van der Waals surface area contributed by atoms with Gasteiger partial charge in [-0.3, -0.25) is 4.79 Å². The fraction of sp³-hybridized carbons (Fsp3) is 0.316. The molecule has 1 aliphatic rings. The number of alkyl halides is 1. The van der Waals surface area contributed by atoms with Gasteiger partial charge in [0.15, 0.2) is 5.78 Å². The molecule has 0 amide bonds. The van der Waals surface area contributed by atoms with Gasteiger partial charge in [0.25, 0.3) is 0 Å². The van der Waals surface area contributed by atoms with Gasteiger partial charge in [0, 0.05) is 17.4 Å². The van der Waals surface area contributed by atoms with Crippen molar-refractivity contribution in [1.29, 1.82) is 0 Å². The Morgan fingerprint density at radius 3 is 2.32 bits per heavy atom. The number of carbonyl (C=O) groups excluding carboxylic acids is 1. The molecule has 0 N–H and O–H groups in total. The van der Waals surface area contributed by atoms with Gasteiger partial charge in [0.05, 0.1) is 12.2 Å². The standard InChI is InChI=1S/C19H19ClO2/c20-16-11-17(13-18(21)14-7-3-1-4-8-14)22-19(12-16)15-9-5-2-6-10-15/h1-10,16-17,19H,11-13H2/t16-,17-,19-/m0/s1. The zero-order valence-electron chi connectivity index (χ0n) is 12.3. The van der Waals surface area contributed by atoms with Crippen molar-refractivity contribution in [2.75, 3.05) is 0 Å². The van der Waals surface area contributed by atoms with E-state index in [9.17, 15) is 4.79 Å². The molecule has 1 heterocycles. The van der Waals surface area contributed by atoms with Crippen LogP contribution in [0.3, 0.4) is 0 Å². The van der Waals surface area contributed by atoms with Crippen molar-refractivity contribution in [3.05, 3.63) is 71.8 Å². The normalized spacial score (nSPS) is 24.9. The molecule has 0 bridgehead atoms. The molecule has 3 rings (SSSR count). The van der Waals surface area contributed by atoms with Gasteiger partial charge in [-0.25, -0.2) is 0 Å². The first-order valence-corrected chi connectivity index (χ1v) is 8.09. The second-order valence-electron chi connectivity index (χ2n) is 5.72. The maximum atomic E-state index is 12.3. The van der Waals surface area contributed by atoms with Crippen LogP contribution in [0.25, 0.3) is 0 Å². The highest BCUT2D eigenvalue weighted by Gasteiger charge is 2.30. The number of ether oxygens (including phenoxy) is 1. The van der Waals surface area contributed by atoms with Crippen molar-refractivity contribution in [2.24, 2.45) is 0 Å². The largest absolute Gasteiger partial charge is 0.370 e. The van der Waals surface area contributed by atoms with Crippen molar-refractivity contribution in [1.82, 2.24) is 0 Å². The van der Waals surface area contributed by atoms with Gasteiger partial charge < -0.3 is 4.74 Å². The summed E-state index contributed by atoms with van der Waals surface area (Å²) in [7, 11) is 0. The topological polar surface area (TPSA) is 26.3 Å². The van der Waals surface area contributed by atoms with Gasteiger partial charge in [0.1, 0.15) is 0 Å². The Kier molecular flexibility index (Phi) is 4.91. The molecule has 114 valence electrons. The van der Waals surface area contributed by atoms with Gasteiger partial charge in [-0.1, -0.05) is 60.7 Å². The number of halogens is 1. The van der Waals surface area contributed by atoms with Gasteiger partial charge in [-0.05, 0) is 18.4 Å². The average molecular weight is 315 g/mol. The second kappa shape index (κ2) is 7.08. The highest BCUT2D eigenvalue weighted by Crippen LogP contribution is 2.35. The predicted molar refractivity (Wildman–Crippen MR) is 88.3 cm³/mol. The summed E-state index contributed by atoms with van der Waals surface area (Å²) in [5.41, 5.74) is 1.86. The summed E-state index contributed by atoms with van der Waals surface area (Å²) in [6.07, 6.45) is 1.77. The van der Waals surface area contributed by atoms with E-state index in [1.807, 2.05) is 48.5 Å². The Hall–Kier alpha value is -1.64. The number of rotatable bonds is 4. The molecule has 2 aromatic carbocycles. The van der Waals surface area contributed by atoms with Crippen molar-refractivity contribution in [2.45, 2.75) is 36.8 Å². The van der Waals surface area contributed by atoms with E-state index < -0.39 is 0 Å². The number of carbonyl (C=O) groups is 1. The summed E-state index contributed by atoms with van der Waals surface area (Å²) in [5.74, 6) is 0.114. The van der Waals surface area contributed by atoms with Gasteiger partial charge in [0.2, 0.25) is 0 Å². The van der Waals surface area contributed by atoms with Crippen LogP contribution in [0.1, 0.15) is 41.3 Å². The second-order valence-corrected chi connectivity index (χ2v) is 6.34. The number of benzene rings is 2. The molecule has 0 unspecified atom stereocenters. The maximum absolute atomic E-state index is 12.3. The lowest BCUT2D eigenvalue weighted by molar-refractivity contribution is -0.0491. The third kappa shape index (κ3) is 3.76. The third-order valence-electron chi connectivity index (χ3n) is 4.03. The third-order valence-corrected chi connectivity index (χ3v) is 4.38. The lowest BCUT2D eigenvalue weighted by Crippen LogP contribution is -2.30. The molecule has 3 atom stereocenters. The SMILES string of the molecule is O=C(C[C@@H]1C[C@H](Cl)C[C@@H](c2ccccc2)O1)c1ccccc1. The maximum Gasteiger partial charge on any atom is 0.165 e. The van der Waals surface area contributed by atoms with Crippen LogP contribution >= 0.6 is 11.6 Å². The molecule has 1 fully saturated rings. The zero-order valence-corrected chi connectivity index (χ0v) is 13.1. The van der Waals surface area contributed by atoms with Crippen LogP contribution < -0.4 is 0 Å². The molecule has 1 aliphatic heterocycles. The van der Waals surface area contributed by atoms with E-state index in [0.29, 0.717) is 6.42 Å². The summed E-state index contributed by atoms with van der Waals surface area (Å²) in [6.45, 7) is 0. The highest BCUT2D eigenvalue weighted by molar-refractivity contribution is 6.20. The van der Waals surface area contributed by atoms with E-state index in [2.05, 4.69) is 12.1 Å². The summed E-state index contributed by atoms with van der Waals surface area (Å²) in [6, 6.07) is 19.5. The van der Waals surface area contributed by atoms with Gasteiger partial charge in [-0.2, -0.15) is 0 Å². The van der Waals surface area contributed by atoms with Gasteiger partial charge in [-0.15, -0.1) is 11.6 Å². The van der Waals surface area contributed by atoms with Crippen LogP contribution in [0.5, 0.6) is 0 Å². The Bertz CT molecular complexity index is 612. The van der Waals surface area contributed by atoms with Crippen molar-refractivity contribution in [3.8, 4) is 0 Å². The van der Waals surface area contributed by atoms with E-state index in [0.717, 1.165) is 24.0 Å². The Morgan fingerprint density at radius 1 is 1.00 bits per heavy atom. The van der Waals surface area contributed by atoms with E-state index in [1.54, 1.807) is 0 Å². The van der Waals surface area contributed by atoms with Crippen LogP contribution in [-0.4, -0.2) is 17.3 Å². The van der Waals surface area contributed by atoms with E-state index >= 15 is 0 Å². The Morgan fingerprint density at radius 2 is 1.64 bits per heavy atom. The van der Waals surface area contributed by atoms with E-state index in [-0.39, 0.29) is 23.4 Å². The Balaban J connectivity index is 1.68. The summed E-state index contributed by atoms with van der Waals surface area (Å²) in [4.78, 5) is 12.3. The lowest BCUT2D eigenvalue weighted by Gasteiger charge is -2.33. The van der Waals surface area contributed by atoms with Crippen LogP contribution in [0.4, 0.5) is 0 Å². The molecule has 2 aromatic rings. The molecule has 0 spiro atoms. The van der Waals surface area contributed by atoms with Crippen LogP contribution in [0.2, 0.25) is 0 Å². The van der Waals surface area contributed by atoms with Crippen LogP contribution in [-0.2, 0) is 4.74 Å². The number of Topliss-reactive ketones (excluding diaryl/α,β-unsaturated/α-hetero) is 1. The predicted octanol–water partition coefficient (Wildman–Crippen LogP) is 4.79. The number of hydrogen-bond donors (Lipinski definition) is 0. The zero-order chi connectivity index (χ0) is 15.4. The first-order valence-electron chi connectivity index (χ1n) is 7.65. The number of hydrogen-bond acceptors (Lipinski definition) is 2. The molecular formula is C19H19ClO2. The summed E-state index contributed by atoms with van der Waals surface area (Å²) < 4.78 is 6.13. The summed E-state index contributed by atoms with van der Waals surface area (Å²) in [5, 5.41) is 0.0486. The molecule has 1 saturated heterocycles. The molecule has 0 aromatic heterocycles. The first-order chi connectivity index (χ1) is 10.7. The van der Waals surface area contributed by atoms with Crippen molar-refractivity contribution in [3.63, 3.8) is 0 Å². The van der Waals surface area contributed by atoms with E-state index in [4.69, 9.17) is 16.3 Å². The van der Waals surface area contributed by atoms with Crippen LogP contribution in [0.15, 0.2) is 60.7 Å². The van der Waals surface area contributed by atoms with Crippen LogP contribution in [0, 0.1) is 0 Å². The molecule has 0 radical (unpaired) electrons. The average Bonchev–Trinajstić information content (AvgIpc) is 2.56. The van der Waals surface area contributed by atoms with Gasteiger partial charge >= 0.3 is 0 Å². The minimum absolute atomic E-state index is 0.0222. The smallest absolute Gasteiger partial charge is 0.165 e. The quantitative estimate of drug-likeness (QED) is 0.599. The van der Waals surface area contributed by atoms with Crippen molar-refractivity contribution < 1.29 is 9.53 Å². The monoisotopic (exact) mass is 314 g/mol. The molecule has 0 aliphatic carbocycles. The molecule has 0 saturated carbocycles. The summed E-state index contributed by atoms with van der Waals surface area (Å²) >= 11 is 6.39.